The van der Waals surface area contributed by atoms with E-state index in [0.717, 1.165) is 31.0 Å². The average molecular weight is 311 g/mol. The minimum Gasteiger partial charge on any atom is -0.493 e. The first-order valence-corrected chi connectivity index (χ1v) is 8.40. The van der Waals surface area contributed by atoms with Crippen LogP contribution in [0.4, 0.5) is 0 Å². The smallest absolute Gasteiger partial charge is 0.164 e. The van der Waals surface area contributed by atoms with E-state index in [1.807, 2.05) is 24.3 Å². The molecule has 0 aromatic heterocycles. The Morgan fingerprint density at radius 1 is 1.09 bits per heavy atom. The van der Waals surface area contributed by atoms with Crippen molar-refractivity contribution in [3.8, 4) is 11.5 Å². The molecular weight excluding hydrogens is 286 g/mol. The SMILES string of the molecule is COc1cccc(CC2CCCNC2)c1OCc1ccccc1. The molecule has 0 bridgehead atoms. The monoisotopic (exact) mass is 311 g/mol. The van der Waals surface area contributed by atoms with E-state index >= 15 is 0 Å². The van der Waals surface area contributed by atoms with Crippen molar-refractivity contribution in [2.24, 2.45) is 5.92 Å². The summed E-state index contributed by atoms with van der Waals surface area (Å²) in [6.45, 7) is 2.80. The molecule has 1 N–H and O–H groups in total. The summed E-state index contributed by atoms with van der Waals surface area (Å²) >= 11 is 0. The summed E-state index contributed by atoms with van der Waals surface area (Å²) in [5.74, 6) is 2.39. The van der Waals surface area contributed by atoms with Crippen LogP contribution in [-0.4, -0.2) is 20.2 Å². The van der Waals surface area contributed by atoms with Crippen LogP contribution >= 0.6 is 0 Å². The zero-order valence-corrected chi connectivity index (χ0v) is 13.8. The Balaban J connectivity index is 1.75. The number of methoxy groups -OCH3 is 1. The topological polar surface area (TPSA) is 30.5 Å². The zero-order valence-electron chi connectivity index (χ0n) is 13.8. The molecule has 1 aliphatic heterocycles. The van der Waals surface area contributed by atoms with Crippen molar-refractivity contribution >= 4 is 0 Å². The Morgan fingerprint density at radius 2 is 1.96 bits per heavy atom. The molecule has 2 aromatic carbocycles. The third kappa shape index (κ3) is 4.26. The van der Waals surface area contributed by atoms with Gasteiger partial charge in [0, 0.05) is 0 Å². The van der Waals surface area contributed by atoms with E-state index in [-0.39, 0.29) is 0 Å². The second-order valence-electron chi connectivity index (χ2n) is 6.14. The maximum atomic E-state index is 6.14. The summed E-state index contributed by atoms with van der Waals surface area (Å²) in [4.78, 5) is 0. The van der Waals surface area contributed by atoms with Crippen LogP contribution in [0.15, 0.2) is 48.5 Å². The van der Waals surface area contributed by atoms with Crippen molar-refractivity contribution in [2.75, 3.05) is 20.2 Å². The number of hydrogen-bond donors (Lipinski definition) is 1. The van der Waals surface area contributed by atoms with Crippen molar-refractivity contribution in [1.29, 1.82) is 0 Å². The lowest BCUT2D eigenvalue weighted by atomic mass is 9.92. The quantitative estimate of drug-likeness (QED) is 0.880. The van der Waals surface area contributed by atoms with Crippen LogP contribution in [0.5, 0.6) is 11.5 Å². The fourth-order valence-electron chi connectivity index (χ4n) is 3.19. The highest BCUT2D eigenvalue weighted by molar-refractivity contribution is 5.47. The van der Waals surface area contributed by atoms with Crippen LogP contribution in [0.2, 0.25) is 0 Å². The van der Waals surface area contributed by atoms with Gasteiger partial charge in [0.1, 0.15) is 6.61 Å². The number of hydrogen-bond acceptors (Lipinski definition) is 3. The highest BCUT2D eigenvalue weighted by Crippen LogP contribution is 2.34. The molecule has 122 valence electrons. The van der Waals surface area contributed by atoms with Gasteiger partial charge >= 0.3 is 0 Å². The third-order valence-corrected chi connectivity index (χ3v) is 4.41. The van der Waals surface area contributed by atoms with Gasteiger partial charge in [0.15, 0.2) is 11.5 Å². The molecular formula is C20H25NO2. The summed E-state index contributed by atoms with van der Waals surface area (Å²) in [6.07, 6.45) is 3.57. The average Bonchev–Trinajstić information content (AvgIpc) is 2.62. The van der Waals surface area contributed by atoms with Gasteiger partial charge in [0.2, 0.25) is 0 Å². The van der Waals surface area contributed by atoms with Crippen LogP contribution in [0, 0.1) is 5.92 Å². The number of piperidine rings is 1. The summed E-state index contributed by atoms with van der Waals surface area (Å²) in [5, 5.41) is 3.49. The Morgan fingerprint density at radius 3 is 2.70 bits per heavy atom. The number of para-hydroxylation sites is 1. The lowest BCUT2D eigenvalue weighted by Crippen LogP contribution is -2.30. The molecule has 3 heteroatoms. The van der Waals surface area contributed by atoms with E-state index in [0.29, 0.717) is 12.5 Å². The molecule has 0 aliphatic carbocycles. The predicted molar refractivity (Wildman–Crippen MR) is 93.1 cm³/mol. The molecule has 1 saturated heterocycles. The van der Waals surface area contributed by atoms with Gasteiger partial charge in [-0.2, -0.15) is 0 Å². The molecule has 0 spiro atoms. The van der Waals surface area contributed by atoms with Gasteiger partial charge in [0.25, 0.3) is 0 Å². The van der Waals surface area contributed by atoms with Gasteiger partial charge in [-0.3, -0.25) is 0 Å². The second kappa shape index (κ2) is 8.02. The summed E-state index contributed by atoms with van der Waals surface area (Å²) in [6, 6.07) is 16.5. The summed E-state index contributed by atoms with van der Waals surface area (Å²) in [5.41, 5.74) is 2.41. The lowest BCUT2D eigenvalue weighted by molar-refractivity contribution is 0.277. The fraction of sp³-hybridized carbons (Fsp3) is 0.400. The maximum Gasteiger partial charge on any atom is 0.164 e. The number of nitrogens with one attached hydrogen (secondary N) is 1. The van der Waals surface area contributed by atoms with Crippen LogP contribution < -0.4 is 14.8 Å². The highest BCUT2D eigenvalue weighted by atomic mass is 16.5. The minimum atomic E-state index is 0.567. The van der Waals surface area contributed by atoms with E-state index < -0.39 is 0 Å². The first-order chi connectivity index (χ1) is 11.4. The van der Waals surface area contributed by atoms with E-state index in [9.17, 15) is 0 Å². The molecule has 23 heavy (non-hydrogen) atoms. The normalized spacial score (nSPS) is 17.7. The number of ether oxygens (including phenoxy) is 2. The molecule has 1 fully saturated rings. The van der Waals surface area contributed by atoms with Crippen molar-refractivity contribution < 1.29 is 9.47 Å². The predicted octanol–water partition coefficient (Wildman–Crippen LogP) is 3.82. The molecule has 3 nitrogen and oxygen atoms in total. The molecule has 0 amide bonds. The number of benzene rings is 2. The standard InChI is InChI=1S/C20H25NO2/c1-22-19-11-5-10-18(13-17-9-6-12-21-14-17)20(19)23-15-16-7-3-2-4-8-16/h2-5,7-8,10-11,17,21H,6,9,12-15H2,1H3. The first-order valence-electron chi connectivity index (χ1n) is 8.40. The fourth-order valence-corrected chi connectivity index (χ4v) is 3.19. The zero-order chi connectivity index (χ0) is 15.9. The Bertz CT molecular complexity index is 606. The molecule has 1 atom stereocenters. The molecule has 1 unspecified atom stereocenters. The van der Waals surface area contributed by atoms with Gasteiger partial charge in [0.05, 0.1) is 7.11 Å². The van der Waals surface area contributed by atoms with Crippen LogP contribution in [0.1, 0.15) is 24.0 Å². The molecule has 0 saturated carbocycles. The molecule has 3 rings (SSSR count). The van der Waals surface area contributed by atoms with E-state index in [1.165, 1.54) is 24.0 Å². The maximum absolute atomic E-state index is 6.14. The Hall–Kier alpha value is -2.00. The van der Waals surface area contributed by atoms with Gasteiger partial charge in [-0.15, -0.1) is 0 Å². The molecule has 1 heterocycles. The van der Waals surface area contributed by atoms with E-state index in [2.05, 4.69) is 29.6 Å². The lowest BCUT2D eigenvalue weighted by Gasteiger charge is -2.24. The molecule has 2 aromatic rings. The third-order valence-electron chi connectivity index (χ3n) is 4.41. The van der Waals surface area contributed by atoms with Gasteiger partial charge in [-0.05, 0) is 55.5 Å². The molecule has 0 radical (unpaired) electrons. The van der Waals surface area contributed by atoms with Crippen molar-refractivity contribution in [3.05, 3.63) is 59.7 Å². The number of rotatable bonds is 6. The molecule has 1 aliphatic rings. The second-order valence-corrected chi connectivity index (χ2v) is 6.14. The summed E-state index contributed by atoms with van der Waals surface area (Å²) < 4.78 is 11.7. The highest BCUT2D eigenvalue weighted by Gasteiger charge is 2.18. The van der Waals surface area contributed by atoms with Crippen LogP contribution in [0.25, 0.3) is 0 Å². The Kier molecular flexibility index (Phi) is 5.54. The van der Waals surface area contributed by atoms with Crippen molar-refractivity contribution in [2.45, 2.75) is 25.9 Å². The van der Waals surface area contributed by atoms with Crippen LogP contribution in [0.3, 0.4) is 0 Å². The largest absolute Gasteiger partial charge is 0.493 e. The van der Waals surface area contributed by atoms with Gasteiger partial charge < -0.3 is 14.8 Å². The van der Waals surface area contributed by atoms with Crippen LogP contribution in [-0.2, 0) is 13.0 Å². The minimum absolute atomic E-state index is 0.567. The van der Waals surface area contributed by atoms with Crippen molar-refractivity contribution in [1.82, 2.24) is 5.32 Å². The van der Waals surface area contributed by atoms with Crippen molar-refractivity contribution in [3.63, 3.8) is 0 Å². The first kappa shape index (κ1) is 15.9. The van der Waals surface area contributed by atoms with Gasteiger partial charge in [-0.25, -0.2) is 0 Å². The summed E-state index contributed by atoms with van der Waals surface area (Å²) in [7, 11) is 1.71. The van der Waals surface area contributed by atoms with E-state index in [4.69, 9.17) is 9.47 Å². The van der Waals surface area contributed by atoms with Gasteiger partial charge in [-0.1, -0.05) is 42.5 Å². The Labute approximate surface area is 138 Å². The van der Waals surface area contributed by atoms with E-state index in [1.54, 1.807) is 7.11 Å².